The molecule has 0 bridgehead atoms. The maximum atomic E-state index is 10.8. The summed E-state index contributed by atoms with van der Waals surface area (Å²) in [5.41, 5.74) is 4.94. The average Bonchev–Trinajstić information content (AvgIpc) is 2.03. The van der Waals surface area contributed by atoms with Gasteiger partial charge in [-0.05, 0) is 26.8 Å². The van der Waals surface area contributed by atoms with Crippen LogP contribution in [0.15, 0.2) is 0 Å². The van der Waals surface area contributed by atoms with Crippen LogP contribution in [0.5, 0.6) is 0 Å². The highest BCUT2D eigenvalue weighted by atomic mass is 16.5. The molecule has 0 aliphatic heterocycles. The Morgan fingerprint density at radius 2 is 2.14 bits per heavy atom. The van der Waals surface area contributed by atoms with Crippen molar-refractivity contribution in [3.05, 3.63) is 0 Å². The highest BCUT2D eigenvalue weighted by molar-refractivity contribution is 5.74. The smallest absolute Gasteiger partial charge is 0.218 e. The third-order valence-corrected chi connectivity index (χ3v) is 2.23. The van der Waals surface area contributed by atoms with E-state index in [0.29, 0.717) is 6.42 Å². The van der Waals surface area contributed by atoms with Crippen LogP contribution in [0.3, 0.4) is 0 Å². The maximum absolute atomic E-state index is 10.8. The second-order valence-electron chi connectivity index (χ2n) is 4.09. The number of carbonyl (C=O) groups is 1. The van der Waals surface area contributed by atoms with Crippen LogP contribution >= 0.6 is 0 Å². The van der Waals surface area contributed by atoms with E-state index in [-0.39, 0.29) is 17.6 Å². The molecule has 3 N–H and O–H groups in total. The van der Waals surface area contributed by atoms with Gasteiger partial charge in [0.2, 0.25) is 5.91 Å². The van der Waals surface area contributed by atoms with Crippen LogP contribution in [0.2, 0.25) is 0 Å². The fourth-order valence-corrected chi connectivity index (χ4v) is 1.42. The van der Waals surface area contributed by atoms with Crippen LogP contribution in [0.4, 0.5) is 0 Å². The van der Waals surface area contributed by atoms with Crippen molar-refractivity contribution < 1.29 is 9.53 Å². The molecule has 0 aromatic carbocycles. The first-order valence-electron chi connectivity index (χ1n) is 4.98. The number of nitrogens with two attached hydrogens (primary N) is 1. The number of carbonyl (C=O) groups excluding carboxylic acids is 1. The lowest BCUT2D eigenvalue weighted by Crippen LogP contribution is -2.40. The summed E-state index contributed by atoms with van der Waals surface area (Å²) in [6, 6.07) is 0.104. The number of hydrogen-bond acceptors (Lipinski definition) is 3. The lowest BCUT2D eigenvalue weighted by atomic mass is 9.96. The Morgan fingerprint density at radius 3 is 2.50 bits per heavy atom. The molecule has 1 amide bonds. The molecule has 84 valence electrons. The minimum Gasteiger partial charge on any atom is -0.379 e. The van der Waals surface area contributed by atoms with Crippen LogP contribution in [0.25, 0.3) is 0 Å². The van der Waals surface area contributed by atoms with Crippen molar-refractivity contribution in [2.45, 2.75) is 45.3 Å². The van der Waals surface area contributed by atoms with E-state index >= 15 is 0 Å². The quantitative estimate of drug-likeness (QED) is 0.637. The number of methoxy groups -OCH3 is 1. The standard InChI is InChI=1S/C10H22N2O2/c1-5-12-8(6-9(11)13)7-10(2,3)14-4/h8,12H,5-7H2,1-4H3,(H2,11,13). The Morgan fingerprint density at radius 1 is 1.57 bits per heavy atom. The van der Waals surface area contributed by atoms with Gasteiger partial charge in [-0.15, -0.1) is 0 Å². The first kappa shape index (κ1) is 13.4. The molecule has 0 heterocycles. The molecule has 0 radical (unpaired) electrons. The van der Waals surface area contributed by atoms with Crippen molar-refractivity contribution in [1.29, 1.82) is 0 Å². The molecule has 0 aliphatic rings. The molecular formula is C10H22N2O2. The number of amides is 1. The number of rotatable bonds is 7. The third kappa shape index (κ3) is 5.94. The summed E-state index contributed by atoms with van der Waals surface area (Å²) < 4.78 is 5.30. The molecule has 4 nitrogen and oxygen atoms in total. The van der Waals surface area contributed by atoms with Gasteiger partial charge in [0.1, 0.15) is 0 Å². The molecule has 0 saturated carbocycles. The predicted molar refractivity (Wildman–Crippen MR) is 57.0 cm³/mol. The van der Waals surface area contributed by atoms with Gasteiger partial charge in [0.15, 0.2) is 0 Å². The normalized spacial score (nSPS) is 14.0. The van der Waals surface area contributed by atoms with Gasteiger partial charge in [-0.2, -0.15) is 0 Å². The summed E-state index contributed by atoms with van der Waals surface area (Å²) in [5, 5.41) is 3.22. The van der Waals surface area contributed by atoms with Gasteiger partial charge in [0.05, 0.1) is 5.60 Å². The van der Waals surface area contributed by atoms with Gasteiger partial charge in [0.25, 0.3) is 0 Å². The second kappa shape index (κ2) is 5.98. The first-order chi connectivity index (χ1) is 6.41. The molecule has 0 aliphatic carbocycles. The minimum absolute atomic E-state index is 0.104. The van der Waals surface area contributed by atoms with Crippen LogP contribution in [-0.4, -0.2) is 31.2 Å². The molecule has 0 spiro atoms. The summed E-state index contributed by atoms with van der Waals surface area (Å²) in [7, 11) is 1.67. The van der Waals surface area contributed by atoms with E-state index in [0.717, 1.165) is 13.0 Å². The fraction of sp³-hybridized carbons (Fsp3) is 0.900. The number of nitrogens with one attached hydrogen (secondary N) is 1. The Bertz CT molecular complexity index is 181. The lowest BCUT2D eigenvalue weighted by Gasteiger charge is -2.28. The zero-order valence-electron chi connectivity index (χ0n) is 9.59. The van der Waals surface area contributed by atoms with Crippen LogP contribution in [-0.2, 0) is 9.53 Å². The summed E-state index contributed by atoms with van der Waals surface area (Å²) in [6.07, 6.45) is 1.14. The van der Waals surface area contributed by atoms with Crippen molar-refractivity contribution >= 4 is 5.91 Å². The van der Waals surface area contributed by atoms with Crippen LogP contribution < -0.4 is 11.1 Å². The van der Waals surface area contributed by atoms with Crippen LogP contribution in [0.1, 0.15) is 33.6 Å². The monoisotopic (exact) mass is 202 g/mol. The topological polar surface area (TPSA) is 64.3 Å². The molecule has 0 aromatic heterocycles. The zero-order chi connectivity index (χ0) is 11.2. The largest absolute Gasteiger partial charge is 0.379 e. The molecule has 14 heavy (non-hydrogen) atoms. The molecule has 4 heteroatoms. The summed E-state index contributed by atoms with van der Waals surface area (Å²) in [5.74, 6) is -0.275. The van der Waals surface area contributed by atoms with Crippen molar-refractivity contribution in [3.63, 3.8) is 0 Å². The highest BCUT2D eigenvalue weighted by Crippen LogP contribution is 2.17. The molecule has 0 rings (SSSR count). The number of primary amides is 1. The minimum atomic E-state index is -0.275. The summed E-state index contributed by atoms with van der Waals surface area (Å²) >= 11 is 0. The maximum Gasteiger partial charge on any atom is 0.218 e. The Kier molecular flexibility index (Phi) is 5.72. The summed E-state index contributed by atoms with van der Waals surface area (Å²) in [6.45, 7) is 6.84. The Balaban J connectivity index is 4.14. The lowest BCUT2D eigenvalue weighted by molar-refractivity contribution is -0.118. The van der Waals surface area contributed by atoms with Crippen molar-refractivity contribution in [2.75, 3.05) is 13.7 Å². The van der Waals surface area contributed by atoms with E-state index in [2.05, 4.69) is 5.32 Å². The second-order valence-corrected chi connectivity index (χ2v) is 4.09. The van der Waals surface area contributed by atoms with Gasteiger partial charge in [-0.1, -0.05) is 6.92 Å². The van der Waals surface area contributed by atoms with E-state index in [9.17, 15) is 4.79 Å². The highest BCUT2D eigenvalue weighted by Gasteiger charge is 2.23. The average molecular weight is 202 g/mol. The van der Waals surface area contributed by atoms with Gasteiger partial charge in [-0.3, -0.25) is 4.79 Å². The molecule has 1 atom stereocenters. The summed E-state index contributed by atoms with van der Waals surface area (Å²) in [4.78, 5) is 10.8. The third-order valence-electron chi connectivity index (χ3n) is 2.23. The zero-order valence-corrected chi connectivity index (χ0v) is 9.59. The van der Waals surface area contributed by atoms with Gasteiger partial charge in [-0.25, -0.2) is 0 Å². The molecule has 1 unspecified atom stereocenters. The molecular weight excluding hydrogens is 180 g/mol. The van der Waals surface area contributed by atoms with E-state index in [1.165, 1.54) is 0 Å². The molecule has 0 aromatic rings. The van der Waals surface area contributed by atoms with Crippen molar-refractivity contribution in [2.24, 2.45) is 5.73 Å². The van der Waals surface area contributed by atoms with Crippen molar-refractivity contribution in [3.8, 4) is 0 Å². The van der Waals surface area contributed by atoms with E-state index in [4.69, 9.17) is 10.5 Å². The van der Waals surface area contributed by atoms with E-state index in [1.807, 2.05) is 20.8 Å². The molecule has 0 saturated heterocycles. The predicted octanol–water partition coefficient (Wildman–Crippen LogP) is 0.655. The number of hydrogen-bond donors (Lipinski definition) is 2. The van der Waals surface area contributed by atoms with Crippen molar-refractivity contribution in [1.82, 2.24) is 5.32 Å². The molecule has 0 fully saturated rings. The number of ether oxygens (including phenoxy) is 1. The first-order valence-corrected chi connectivity index (χ1v) is 4.98. The van der Waals surface area contributed by atoms with Gasteiger partial charge < -0.3 is 15.8 Å². The van der Waals surface area contributed by atoms with E-state index < -0.39 is 0 Å². The SMILES string of the molecule is CCNC(CC(N)=O)CC(C)(C)OC. The Labute approximate surface area is 86.2 Å². The van der Waals surface area contributed by atoms with Gasteiger partial charge >= 0.3 is 0 Å². The van der Waals surface area contributed by atoms with Gasteiger partial charge in [0, 0.05) is 19.6 Å². The van der Waals surface area contributed by atoms with Crippen LogP contribution in [0, 0.1) is 0 Å². The van der Waals surface area contributed by atoms with E-state index in [1.54, 1.807) is 7.11 Å². The Hall–Kier alpha value is -0.610. The fourth-order valence-electron chi connectivity index (χ4n) is 1.42.